The Kier molecular flexibility index (Phi) is 8.41. The molecule has 0 aliphatic heterocycles. The molecule has 1 atom stereocenters. The summed E-state index contributed by atoms with van der Waals surface area (Å²) >= 11 is 5.89. The van der Waals surface area contributed by atoms with Gasteiger partial charge in [0.05, 0.1) is 16.6 Å². The Hall–Kier alpha value is -3.51. The minimum atomic E-state index is -1.51. The van der Waals surface area contributed by atoms with Crippen LogP contribution in [0.4, 0.5) is 10.1 Å². The number of aliphatic hydroxyl groups is 1. The van der Waals surface area contributed by atoms with E-state index in [0.717, 1.165) is 0 Å². The Labute approximate surface area is 208 Å². The standard InChI is InChI=1S/C26H25ClFN3O4/c1-30(2)13-3-12-26(32,20-5-8-22(28)9-6-20)23-10-4-18(16-29)14-19(23)17-35-25-11-7-21(27)15-24(25)31(33)34/h4-11,14-15,32H,3,12-13,17H2,1-2H3/t26-/m1/s1. The predicted molar refractivity (Wildman–Crippen MR) is 131 cm³/mol. The third-order valence-corrected chi connectivity index (χ3v) is 5.88. The molecule has 0 saturated heterocycles. The molecule has 0 amide bonds. The second kappa shape index (κ2) is 11.3. The van der Waals surface area contributed by atoms with Crippen molar-refractivity contribution in [2.45, 2.75) is 25.0 Å². The first-order valence-corrected chi connectivity index (χ1v) is 11.2. The minimum absolute atomic E-state index is 0.00522. The number of hydrogen-bond acceptors (Lipinski definition) is 6. The zero-order valence-electron chi connectivity index (χ0n) is 19.4. The van der Waals surface area contributed by atoms with Gasteiger partial charge in [-0.15, -0.1) is 0 Å². The Morgan fingerprint density at radius 3 is 2.51 bits per heavy atom. The highest BCUT2D eigenvalue weighted by atomic mass is 35.5. The summed E-state index contributed by atoms with van der Waals surface area (Å²) in [5.74, 6) is -0.423. The van der Waals surface area contributed by atoms with Crippen LogP contribution < -0.4 is 4.74 Å². The Balaban J connectivity index is 2.05. The molecule has 1 N–H and O–H groups in total. The summed E-state index contributed by atoms with van der Waals surface area (Å²) in [6, 6.07) is 16.6. The summed E-state index contributed by atoms with van der Waals surface area (Å²) < 4.78 is 19.4. The van der Waals surface area contributed by atoms with Crippen LogP contribution in [0, 0.1) is 27.3 Å². The van der Waals surface area contributed by atoms with Crippen molar-refractivity contribution in [1.29, 1.82) is 5.26 Å². The van der Waals surface area contributed by atoms with E-state index in [4.69, 9.17) is 16.3 Å². The molecule has 0 aliphatic rings. The lowest BCUT2D eigenvalue weighted by Gasteiger charge is -2.32. The molecular weight excluding hydrogens is 473 g/mol. The Morgan fingerprint density at radius 1 is 1.17 bits per heavy atom. The summed E-state index contributed by atoms with van der Waals surface area (Å²) in [7, 11) is 3.86. The van der Waals surface area contributed by atoms with E-state index >= 15 is 0 Å². The van der Waals surface area contributed by atoms with Crippen molar-refractivity contribution in [2.24, 2.45) is 0 Å². The van der Waals surface area contributed by atoms with Crippen LogP contribution in [0.1, 0.15) is 35.1 Å². The lowest BCUT2D eigenvalue weighted by atomic mass is 9.80. The number of halogens is 2. The van der Waals surface area contributed by atoms with Crippen molar-refractivity contribution in [3.05, 3.63) is 104 Å². The lowest BCUT2D eigenvalue weighted by Crippen LogP contribution is -2.30. The lowest BCUT2D eigenvalue weighted by molar-refractivity contribution is -0.385. The number of hydrogen-bond donors (Lipinski definition) is 1. The number of ether oxygens (including phenoxy) is 1. The second-order valence-electron chi connectivity index (χ2n) is 8.42. The van der Waals surface area contributed by atoms with Gasteiger partial charge in [0.1, 0.15) is 18.0 Å². The zero-order valence-corrected chi connectivity index (χ0v) is 20.1. The summed E-state index contributed by atoms with van der Waals surface area (Å²) in [6.45, 7) is 0.563. The molecule has 0 unspecified atom stereocenters. The summed E-state index contributed by atoms with van der Waals surface area (Å²) in [5.41, 5.74) is -0.0324. The van der Waals surface area contributed by atoms with Crippen LogP contribution in [-0.2, 0) is 12.2 Å². The average Bonchev–Trinajstić information content (AvgIpc) is 2.83. The Morgan fingerprint density at radius 2 is 1.89 bits per heavy atom. The zero-order chi connectivity index (χ0) is 25.6. The number of nitriles is 1. The van der Waals surface area contributed by atoms with Crippen molar-refractivity contribution in [2.75, 3.05) is 20.6 Å². The van der Waals surface area contributed by atoms with Crippen LogP contribution in [0.5, 0.6) is 5.75 Å². The largest absolute Gasteiger partial charge is 0.482 e. The van der Waals surface area contributed by atoms with Gasteiger partial charge in [0.2, 0.25) is 0 Å². The van der Waals surface area contributed by atoms with Gasteiger partial charge in [-0.25, -0.2) is 4.39 Å². The quantitative estimate of drug-likeness (QED) is 0.297. The van der Waals surface area contributed by atoms with Gasteiger partial charge in [-0.1, -0.05) is 29.8 Å². The molecule has 0 aromatic heterocycles. The predicted octanol–water partition coefficient (Wildman–Crippen LogP) is 5.42. The van der Waals surface area contributed by atoms with Gasteiger partial charge < -0.3 is 14.7 Å². The van der Waals surface area contributed by atoms with Gasteiger partial charge in [0, 0.05) is 11.1 Å². The SMILES string of the molecule is CN(C)CCC[C@@](O)(c1ccc(F)cc1)c1ccc(C#N)cc1COc1ccc(Cl)cc1[N+](=O)[O-]. The number of nitrogens with zero attached hydrogens (tertiary/aromatic N) is 3. The van der Waals surface area contributed by atoms with Gasteiger partial charge in [-0.05, 0) is 86.6 Å². The molecule has 0 fully saturated rings. The van der Waals surface area contributed by atoms with Crippen LogP contribution in [-0.4, -0.2) is 35.6 Å². The molecule has 0 bridgehead atoms. The summed E-state index contributed by atoms with van der Waals surface area (Å²) in [6.07, 6.45) is 0.945. The number of rotatable bonds is 10. The maximum Gasteiger partial charge on any atom is 0.312 e. The van der Waals surface area contributed by atoms with Crippen molar-refractivity contribution in [3.63, 3.8) is 0 Å². The van der Waals surface area contributed by atoms with Crippen molar-refractivity contribution >= 4 is 17.3 Å². The minimum Gasteiger partial charge on any atom is -0.482 e. The van der Waals surface area contributed by atoms with E-state index in [1.807, 2.05) is 19.0 Å². The second-order valence-corrected chi connectivity index (χ2v) is 8.85. The maximum absolute atomic E-state index is 13.6. The van der Waals surface area contributed by atoms with E-state index in [-0.39, 0.29) is 23.1 Å². The topological polar surface area (TPSA) is 99.6 Å². The molecule has 0 spiro atoms. The fourth-order valence-electron chi connectivity index (χ4n) is 3.91. The first kappa shape index (κ1) is 26.1. The van der Waals surface area contributed by atoms with E-state index in [9.17, 15) is 24.9 Å². The molecule has 3 aromatic carbocycles. The number of benzene rings is 3. The average molecular weight is 498 g/mol. The van der Waals surface area contributed by atoms with Gasteiger partial charge in [-0.3, -0.25) is 10.1 Å². The van der Waals surface area contributed by atoms with Gasteiger partial charge in [-0.2, -0.15) is 5.26 Å². The molecule has 3 rings (SSSR count). The van der Waals surface area contributed by atoms with Crippen LogP contribution >= 0.6 is 11.6 Å². The molecule has 3 aromatic rings. The van der Waals surface area contributed by atoms with Gasteiger partial charge in [0.15, 0.2) is 5.75 Å². The summed E-state index contributed by atoms with van der Waals surface area (Å²) in [5, 5.41) is 33.1. The van der Waals surface area contributed by atoms with E-state index < -0.39 is 16.3 Å². The smallest absolute Gasteiger partial charge is 0.312 e. The molecule has 0 aliphatic carbocycles. The highest BCUT2D eigenvalue weighted by Crippen LogP contribution is 2.38. The first-order valence-electron chi connectivity index (χ1n) is 10.9. The third kappa shape index (κ3) is 6.34. The monoisotopic (exact) mass is 497 g/mol. The molecule has 35 heavy (non-hydrogen) atoms. The fraction of sp³-hybridized carbons (Fsp3) is 0.269. The van der Waals surface area contributed by atoms with E-state index in [1.165, 1.54) is 42.5 Å². The molecule has 0 saturated carbocycles. The molecule has 0 radical (unpaired) electrons. The van der Waals surface area contributed by atoms with Crippen LogP contribution in [0.2, 0.25) is 5.02 Å². The highest BCUT2D eigenvalue weighted by Gasteiger charge is 2.34. The van der Waals surface area contributed by atoms with Crippen LogP contribution in [0.25, 0.3) is 0 Å². The Bertz CT molecular complexity index is 1240. The normalized spacial score (nSPS) is 12.7. The van der Waals surface area contributed by atoms with Crippen LogP contribution in [0.3, 0.4) is 0 Å². The molecule has 0 heterocycles. The fourth-order valence-corrected chi connectivity index (χ4v) is 4.07. The first-order chi connectivity index (χ1) is 16.6. The van der Waals surface area contributed by atoms with E-state index in [0.29, 0.717) is 41.6 Å². The molecule has 182 valence electrons. The number of nitro benzene ring substituents is 1. The molecule has 9 heteroatoms. The third-order valence-electron chi connectivity index (χ3n) is 5.65. The molecular formula is C26H25ClFN3O4. The van der Waals surface area contributed by atoms with E-state index in [1.54, 1.807) is 18.2 Å². The van der Waals surface area contributed by atoms with E-state index in [2.05, 4.69) is 6.07 Å². The highest BCUT2D eigenvalue weighted by molar-refractivity contribution is 6.30. The van der Waals surface area contributed by atoms with Gasteiger partial charge in [0.25, 0.3) is 0 Å². The van der Waals surface area contributed by atoms with Crippen LogP contribution in [0.15, 0.2) is 60.7 Å². The van der Waals surface area contributed by atoms with Crippen molar-refractivity contribution in [3.8, 4) is 11.8 Å². The molecule has 7 nitrogen and oxygen atoms in total. The summed E-state index contributed by atoms with van der Waals surface area (Å²) in [4.78, 5) is 12.8. The van der Waals surface area contributed by atoms with Gasteiger partial charge >= 0.3 is 5.69 Å². The van der Waals surface area contributed by atoms with Crippen molar-refractivity contribution < 1.29 is 19.2 Å². The van der Waals surface area contributed by atoms with Crippen molar-refractivity contribution in [1.82, 2.24) is 4.90 Å². The maximum atomic E-state index is 13.6. The number of nitro groups is 1.